The zero-order valence-corrected chi connectivity index (χ0v) is 7.65. The molecule has 5 heteroatoms. The van der Waals surface area contributed by atoms with Gasteiger partial charge in [-0.1, -0.05) is 24.3 Å². The molecule has 1 unspecified atom stereocenters. The molecule has 0 aliphatic carbocycles. The average Bonchev–Trinajstić information content (AvgIpc) is 2.25. The lowest BCUT2D eigenvalue weighted by atomic mass is 10.0. The summed E-state index contributed by atoms with van der Waals surface area (Å²) >= 11 is 0. The minimum atomic E-state index is -3.01. The minimum Gasteiger partial charge on any atom is -0.308 e. The molecule has 1 aromatic carbocycles. The maximum Gasteiger partial charge on any atom is 0.346 e. The quantitative estimate of drug-likeness (QED) is 0.776. The van der Waals surface area contributed by atoms with Gasteiger partial charge in [0.15, 0.2) is 6.10 Å². The van der Waals surface area contributed by atoms with Crippen molar-refractivity contribution in [1.29, 1.82) is 10.7 Å². The molecule has 0 saturated heterocycles. The van der Waals surface area contributed by atoms with Crippen molar-refractivity contribution >= 4 is 6.21 Å². The van der Waals surface area contributed by atoms with E-state index < -0.39 is 12.7 Å². The highest BCUT2D eigenvalue weighted by atomic mass is 19.3. The Bertz CT molecular complexity index is 387. The van der Waals surface area contributed by atoms with Crippen molar-refractivity contribution in [2.45, 2.75) is 12.7 Å². The highest BCUT2D eigenvalue weighted by molar-refractivity contribution is 5.79. The fourth-order valence-electron chi connectivity index (χ4n) is 1.16. The van der Waals surface area contributed by atoms with Crippen LogP contribution in [0.15, 0.2) is 24.3 Å². The molecule has 0 aliphatic heterocycles. The molecule has 1 atom stereocenters. The van der Waals surface area contributed by atoms with Crippen molar-refractivity contribution in [2.75, 3.05) is 0 Å². The van der Waals surface area contributed by atoms with Crippen molar-refractivity contribution in [1.82, 2.24) is 0 Å². The Kier molecular flexibility index (Phi) is 3.89. The monoisotopic (exact) mass is 210 g/mol. The van der Waals surface area contributed by atoms with Crippen molar-refractivity contribution in [3.8, 4) is 6.07 Å². The van der Waals surface area contributed by atoms with E-state index in [4.69, 9.17) is 10.7 Å². The maximum absolute atomic E-state index is 12.0. The van der Waals surface area contributed by atoms with Crippen LogP contribution < -0.4 is 0 Å². The van der Waals surface area contributed by atoms with E-state index in [0.29, 0.717) is 5.56 Å². The Balaban J connectivity index is 3.02. The Morgan fingerprint density at radius 2 is 2.07 bits per heavy atom. The van der Waals surface area contributed by atoms with E-state index in [-0.39, 0.29) is 5.56 Å². The summed E-state index contributed by atoms with van der Waals surface area (Å²) in [4.78, 5) is 0. The van der Waals surface area contributed by atoms with Crippen molar-refractivity contribution in [2.24, 2.45) is 0 Å². The number of hydrogen-bond donors (Lipinski definition) is 1. The predicted molar refractivity (Wildman–Crippen MR) is 49.8 cm³/mol. The predicted octanol–water partition coefficient (Wildman–Crippen LogP) is 2.49. The lowest BCUT2D eigenvalue weighted by Crippen LogP contribution is -2.08. The van der Waals surface area contributed by atoms with Gasteiger partial charge in [0.25, 0.3) is 0 Å². The molecule has 0 saturated carbocycles. The first-order valence-corrected chi connectivity index (χ1v) is 4.11. The summed E-state index contributed by atoms with van der Waals surface area (Å²) in [5.41, 5.74) is 0.667. The number of alkyl halides is 2. The molecule has 0 amide bonds. The number of benzene rings is 1. The van der Waals surface area contributed by atoms with Gasteiger partial charge in [-0.05, 0) is 5.56 Å². The smallest absolute Gasteiger partial charge is 0.308 e. The van der Waals surface area contributed by atoms with Gasteiger partial charge >= 0.3 is 6.61 Å². The van der Waals surface area contributed by atoms with E-state index in [9.17, 15) is 8.78 Å². The third-order valence-electron chi connectivity index (χ3n) is 1.79. The van der Waals surface area contributed by atoms with E-state index in [1.165, 1.54) is 6.07 Å². The summed E-state index contributed by atoms with van der Waals surface area (Å²) in [6.45, 7) is -3.01. The van der Waals surface area contributed by atoms with Gasteiger partial charge in [-0.15, -0.1) is 0 Å². The fourth-order valence-corrected chi connectivity index (χ4v) is 1.16. The molecule has 0 radical (unpaired) electrons. The van der Waals surface area contributed by atoms with Gasteiger partial charge in [0, 0.05) is 11.8 Å². The van der Waals surface area contributed by atoms with E-state index in [1.807, 2.05) is 0 Å². The zero-order chi connectivity index (χ0) is 11.3. The van der Waals surface area contributed by atoms with Crippen LogP contribution in [0.25, 0.3) is 0 Å². The Hall–Kier alpha value is -1.80. The normalized spacial score (nSPS) is 12.1. The van der Waals surface area contributed by atoms with Gasteiger partial charge in [-0.2, -0.15) is 14.0 Å². The van der Waals surface area contributed by atoms with E-state index in [1.54, 1.807) is 24.3 Å². The second-order valence-corrected chi connectivity index (χ2v) is 2.68. The third-order valence-corrected chi connectivity index (χ3v) is 1.79. The molecular formula is C10H8F2N2O. The first-order chi connectivity index (χ1) is 7.19. The number of rotatable bonds is 4. The third kappa shape index (κ3) is 2.82. The molecule has 0 spiro atoms. The largest absolute Gasteiger partial charge is 0.346 e. The van der Waals surface area contributed by atoms with Crippen LogP contribution in [0.5, 0.6) is 0 Å². The second-order valence-electron chi connectivity index (χ2n) is 2.68. The van der Waals surface area contributed by atoms with Gasteiger partial charge in [-0.25, -0.2) is 0 Å². The Morgan fingerprint density at radius 1 is 1.40 bits per heavy atom. The summed E-state index contributed by atoms with van der Waals surface area (Å²) in [6, 6.07) is 7.91. The zero-order valence-electron chi connectivity index (χ0n) is 7.65. The van der Waals surface area contributed by atoms with Crippen LogP contribution in [-0.4, -0.2) is 12.8 Å². The first kappa shape index (κ1) is 11.3. The number of nitrogens with one attached hydrogen (secondary N) is 1. The molecule has 1 aromatic rings. The molecule has 0 fully saturated rings. The molecule has 0 heterocycles. The number of nitriles is 1. The van der Waals surface area contributed by atoms with Crippen LogP contribution in [0, 0.1) is 16.7 Å². The maximum atomic E-state index is 12.0. The lowest BCUT2D eigenvalue weighted by Gasteiger charge is -2.12. The molecule has 0 aliphatic rings. The van der Waals surface area contributed by atoms with Crippen molar-refractivity contribution in [3.63, 3.8) is 0 Å². The van der Waals surface area contributed by atoms with Gasteiger partial charge in [-0.3, -0.25) is 4.74 Å². The molecular weight excluding hydrogens is 202 g/mol. The molecule has 15 heavy (non-hydrogen) atoms. The summed E-state index contributed by atoms with van der Waals surface area (Å²) < 4.78 is 28.1. The molecule has 1 N–H and O–H groups in total. The van der Waals surface area contributed by atoms with E-state index >= 15 is 0 Å². The van der Waals surface area contributed by atoms with E-state index in [2.05, 4.69) is 4.74 Å². The van der Waals surface area contributed by atoms with Crippen molar-refractivity contribution in [3.05, 3.63) is 35.4 Å². The van der Waals surface area contributed by atoms with Crippen LogP contribution in [0.1, 0.15) is 17.2 Å². The first-order valence-electron chi connectivity index (χ1n) is 4.11. The number of ether oxygens (including phenoxy) is 1. The average molecular weight is 210 g/mol. The number of nitrogens with zero attached hydrogens (tertiary/aromatic N) is 1. The standard InChI is InChI=1S/C10H8F2N2O/c11-10(12)15-9(6-14)8-4-2-1-3-7(8)5-13/h1-5,9-10,13H. The van der Waals surface area contributed by atoms with Crippen LogP contribution in [-0.2, 0) is 4.74 Å². The molecule has 1 rings (SSSR count). The topological polar surface area (TPSA) is 56.9 Å². The highest BCUT2D eigenvalue weighted by Gasteiger charge is 2.18. The highest BCUT2D eigenvalue weighted by Crippen LogP contribution is 2.22. The Labute approximate surface area is 85.4 Å². The molecule has 0 bridgehead atoms. The Morgan fingerprint density at radius 3 is 2.60 bits per heavy atom. The lowest BCUT2D eigenvalue weighted by molar-refractivity contribution is -0.149. The van der Waals surface area contributed by atoms with Crippen molar-refractivity contribution < 1.29 is 13.5 Å². The minimum absolute atomic E-state index is 0.273. The van der Waals surface area contributed by atoms with Crippen LogP contribution in [0.2, 0.25) is 0 Å². The SMILES string of the molecule is N#CC(OC(F)F)c1ccccc1C=N. The molecule has 78 valence electrons. The summed E-state index contributed by atoms with van der Waals surface area (Å²) in [6.07, 6.45) is -0.350. The summed E-state index contributed by atoms with van der Waals surface area (Å²) in [5, 5.41) is 15.7. The van der Waals surface area contributed by atoms with Crippen LogP contribution in [0.4, 0.5) is 8.78 Å². The van der Waals surface area contributed by atoms with Gasteiger partial charge in [0.05, 0.1) is 6.07 Å². The van der Waals surface area contributed by atoms with E-state index in [0.717, 1.165) is 6.21 Å². The van der Waals surface area contributed by atoms with Gasteiger partial charge in [0.2, 0.25) is 0 Å². The van der Waals surface area contributed by atoms with Gasteiger partial charge < -0.3 is 5.41 Å². The van der Waals surface area contributed by atoms with Crippen LogP contribution >= 0.6 is 0 Å². The number of halogens is 2. The second kappa shape index (κ2) is 5.17. The summed E-state index contributed by atoms with van der Waals surface area (Å²) in [7, 11) is 0. The fraction of sp³-hybridized carbons (Fsp3) is 0.200. The molecule has 0 aromatic heterocycles. The summed E-state index contributed by atoms with van der Waals surface area (Å²) in [5.74, 6) is 0. The number of hydrogen-bond acceptors (Lipinski definition) is 3. The molecule has 3 nitrogen and oxygen atoms in total. The van der Waals surface area contributed by atoms with Crippen LogP contribution in [0.3, 0.4) is 0 Å². The van der Waals surface area contributed by atoms with Gasteiger partial charge in [0.1, 0.15) is 0 Å².